The zero-order valence-electron chi connectivity index (χ0n) is 10.1. The number of likely N-dealkylation sites (N-methyl/N-ethyl adjacent to an activating group) is 1. The molecule has 1 unspecified atom stereocenters. The van der Waals surface area contributed by atoms with Crippen LogP contribution in [0.15, 0.2) is 18.2 Å². The number of aromatic hydroxyl groups is 1. The zero-order valence-corrected chi connectivity index (χ0v) is 10.1. The number of piperidine rings is 1. The maximum absolute atomic E-state index is 13.2. The molecule has 0 spiro atoms. The van der Waals surface area contributed by atoms with E-state index in [1.165, 1.54) is 25.0 Å². The van der Waals surface area contributed by atoms with Gasteiger partial charge in [0.25, 0.3) is 0 Å². The summed E-state index contributed by atoms with van der Waals surface area (Å²) in [4.78, 5) is 2.23. The fourth-order valence-electron chi connectivity index (χ4n) is 2.28. The zero-order chi connectivity index (χ0) is 12.3. The number of halogens is 1. The lowest BCUT2D eigenvalue weighted by Crippen LogP contribution is -2.43. The molecule has 0 aliphatic carbocycles. The summed E-state index contributed by atoms with van der Waals surface area (Å²) in [6.07, 6.45) is 2.38. The molecule has 0 radical (unpaired) electrons. The summed E-state index contributed by atoms with van der Waals surface area (Å²) < 4.78 is 13.2. The summed E-state index contributed by atoms with van der Waals surface area (Å²) in [5.41, 5.74) is 0.897. The van der Waals surface area contributed by atoms with Gasteiger partial charge in [0, 0.05) is 19.1 Å². The molecule has 1 aromatic carbocycles. The Morgan fingerprint density at radius 2 is 2.35 bits per heavy atom. The molecule has 1 heterocycles. The lowest BCUT2D eigenvalue weighted by Gasteiger charge is -2.31. The smallest absolute Gasteiger partial charge is 0.165 e. The Balaban J connectivity index is 1.96. The van der Waals surface area contributed by atoms with Crippen molar-refractivity contribution < 1.29 is 9.50 Å². The molecular formula is C13H19FN2O. The fraction of sp³-hybridized carbons (Fsp3) is 0.538. The summed E-state index contributed by atoms with van der Waals surface area (Å²) >= 11 is 0. The van der Waals surface area contributed by atoms with Crippen molar-refractivity contribution in [1.29, 1.82) is 0 Å². The van der Waals surface area contributed by atoms with Gasteiger partial charge < -0.3 is 10.4 Å². The van der Waals surface area contributed by atoms with Crippen molar-refractivity contribution in [3.8, 4) is 5.75 Å². The molecule has 94 valence electrons. The minimum Gasteiger partial charge on any atom is -0.505 e. The highest BCUT2D eigenvalue weighted by molar-refractivity contribution is 5.27. The van der Waals surface area contributed by atoms with Gasteiger partial charge in [0.05, 0.1) is 0 Å². The summed E-state index contributed by atoms with van der Waals surface area (Å²) in [6.45, 7) is 2.80. The van der Waals surface area contributed by atoms with E-state index in [0.29, 0.717) is 12.6 Å². The number of benzene rings is 1. The average molecular weight is 238 g/mol. The van der Waals surface area contributed by atoms with E-state index in [1.54, 1.807) is 6.07 Å². The van der Waals surface area contributed by atoms with Crippen LogP contribution in [-0.2, 0) is 6.54 Å². The van der Waals surface area contributed by atoms with Crippen LogP contribution in [0.25, 0.3) is 0 Å². The Labute approximate surface area is 101 Å². The minimum absolute atomic E-state index is 0.282. The van der Waals surface area contributed by atoms with Crippen molar-refractivity contribution in [3.63, 3.8) is 0 Å². The number of phenolic OH excluding ortho intramolecular Hbond substituents is 1. The first kappa shape index (κ1) is 12.3. The molecule has 2 N–H and O–H groups in total. The van der Waals surface area contributed by atoms with E-state index in [2.05, 4.69) is 17.3 Å². The standard InChI is InChI=1S/C13H19FN2O/c1-16(11-3-2-6-15-8-11)9-10-4-5-13(17)12(14)7-10/h4-5,7,11,15,17H,2-3,6,8-9H2,1H3. The van der Waals surface area contributed by atoms with Crippen LogP contribution >= 0.6 is 0 Å². The van der Waals surface area contributed by atoms with Crippen LogP contribution in [-0.4, -0.2) is 36.2 Å². The third kappa shape index (κ3) is 3.17. The van der Waals surface area contributed by atoms with Crippen LogP contribution in [0.5, 0.6) is 5.75 Å². The quantitative estimate of drug-likeness (QED) is 0.841. The van der Waals surface area contributed by atoms with Crippen LogP contribution in [0.4, 0.5) is 4.39 Å². The van der Waals surface area contributed by atoms with Crippen molar-refractivity contribution in [2.45, 2.75) is 25.4 Å². The number of hydrogen-bond donors (Lipinski definition) is 2. The molecule has 1 saturated heterocycles. The molecule has 4 heteroatoms. The van der Waals surface area contributed by atoms with Crippen molar-refractivity contribution >= 4 is 0 Å². The number of nitrogens with one attached hydrogen (secondary N) is 1. The molecular weight excluding hydrogens is 219 g/mol. The third-order valence-electron chi connectivity index (χ3n) is 3.34. The van der Waals surface area contributed by atoms with Crippen LogP contribution in [0.2, 0.25) is 0 Å². The second-order valence-electron chi connectivity index (χ2n) is 4.70. The van der Waals surface area contributed by atoms with Crippen LogP contribution in [0.1, 0.15) is 18.4 Å². The van der Waals surface area contributed by atoms with Gasteiger partial charge in [-0.05, 0) is 44.1 Å². The molecule has 1 aromatic rings. The molecule has 0 aromatic heterocycles. The largest absolute Gasteiger partial charge is 0.505 e. The average Bonchev–Trinajstić information content (AvgIpc) is 2.35. The van der Waals surface area contributed by atoms with E-state index in [-0.39, 0.29) is 5.75 Å². The second kappa shape index (κ2) is 5.47. The van der Waals surface area contributed by atoms with Gasteiger partial charge in [0.1, 0.15) is 0 Å². The lowest BCUT2D eigenvalue weighted by molar-refractivity contribution is 0.195. The highest BCUT2D eigenvalue weighted by Crippen LogP contribution is 2.18. The van der Waals surface area contributed by atoms with Gasteiger partial charge >= 0.3 is 0 Å². The Hall–Kier alpha value is -1.13. The number of rotatable bonds is 3. The molecule has 1 fully saturated rings. The van der Waals surface area contributed by atoms with Gasteiger partial charge in [-0.1, -0.05) is 6.07 Å². The number of phenols is 1. The minimum atomic E-state index is -0.544. The van der Waals surface area contributed by atoms with E-state index < -0.39 is 5.82 Å². The molecule has 1 atom stereocenters. The molecule has 3 nitrogen and oxygen atoms in total. The highest BCUT2D eigenvalue weighted by Gasteiger charge is 2.17. The van der Waals surface area contributed by atoms with Crippen molar-refractivity contribution in [2.24, 2.45) is 0 Å². The van der Waals surface area contributed by atoms with Crippen LogP contribution < -0.4 is 5.32 Å². The predicted molar refractivity (Wildman–Crippen MR) is 65.4 cm³/mol. The molecule has 0 amide bonds. The maximum atomic E-state index is 13.2. The van der Waals surface area contributed by atoms with Crippen molar-refractivity contribution in [3.05, 3.63) is 29.6 Å². The van der Waals surface area contributed by atoms with Gasteiger partial charge in [-0.2, -0.15) is 0 Å². The van der Waals surface area contributed by atoms with E-state index in [4.69, 9.17) is 5.11 Å². The second-order valence-corrected chi connectivity index (χ2v) is 4.70. The Bertz CT molecular complexity index is 378. The van der Waals surface area contributed by atoms with Gasteiger partial charge in [-0.3, -0.25) is 4.90 Å². The first-order valence-corrected chi connectivity index (χ1v) is 6.05. The summed E-state index contributed by atoms with van der Waals surface area (Å²) in [6, 6.07) is 5.10. The lowest BCUT2D eigenvalue weighted by atomic mass is 10.1. The van der Waals surface area contributed by atoms with E-state index in [1.807, 2.05) is 0 Å². The van der Waals surface area contributed by atoms with E-state index in [9.17, 15) is 4.39 Å². The SMILES string of the molecule is CN(Cc1ccc(O)c(F)c1)C1CCCNC1. The van der Waals surface area contributed by atoms with Crippen LogP contribution in [0.3, 0.4) is 0 Å². The van der Waals surface area contributed by atoms with Gasteiger partial charge in [-0.25, -0.2) is 4.39 Å². The molecule has 17 heavy (non-hydrogen) atoms. The van der Waals surface area contributed by atoms with E-state index >= 15 is 0 Å². The maximum Gasteiger partial charge on any atom is 0.165 e. The predicted octanol–water partition coefficient (Wildman–Crippen LogP) is 1.72. The van der Waals surface area contributed by atoms with Crippen LogP contribution in [0, 0.1) is 5.82 Å². The van der Waals surface area contributed by atoms with Crippen molar-refractivity contribution in [1.82, 2.24) is 10.2 Å². The van der Waals surface area contributed by atoms with Crippen molar-refractivity contribution in [2.75, 3.05) is 20.1 Å². The summed E-state index contributed by atoms with van der Waals surface area (Å²) in [5, 5.41) is 12.5. The highest BCUT2D eigenvalue weighted by atomic mass is 19.1. The Morgan fingerprint density at radius 1 is 1.53 bits per heavy atom. The van der Waals surface area contributed by atoms with Gasteiger partial charge in [0.2, 0.25) is 0 Å². The first-order valence-electron chi connectivity index (χ1n) is 6.05. The number of hydrogen-bond acceptors (Lipinski definition) is 3. The fourth-order valence-corrected chi connectivity index (χ4v) is 2.28. The van der Waals surface area contributed by atoms with Gasteiger partial charge in [-0.15, -0.1) is 0 Å². The van der Waals surface area contributed by atoms with Gasteiger partial charge in [0.15, 0.2) is 11.6 Å². The Morgan fingerprint density at radius 3 is 3.00 bits per heavy atom. The molecule has 0 bridgehead atoms. The monoisotopic (exact) mass is 238 g/mol. The molecule has 0 saturated carbocycles. The third-order valence-corrected chi connectivity index (χ3v) is 3.34. The molecule has 1 aliphatic heterocycles. The molecule has 1 aliphatic rings. The summed E-state index contributed by atoms with van der Waals surface area (Å²) in [5.74, 6) is -0.826. The normalized spacial score (nSPS) is 20.8. The first-order chi connectivity index (χ1) is 8.16. The number of nitrogens with zero attached hydrogens (tertiary/aromatic N) is 1. The van der Waals surface area contributed by atoms with E-state index in [0.717, 1.165) is 18.7 Å². The Kier molecular flexibility index (Phi) is 3.97. The summed E-state index contributed by atoms with van der Waals surface area (Å²) in [7, 11) is 2.06. The topological polar surface area (TPSA) is 35.5 Å². The molecule has 2 rings (SSSR count).